The Labute approximate surface area is 135 Å². The summed E-state index contributed by atoms with van der Waals surface area (Å²) in [5.41, 5.74) is 9.34. The minimum Gasteiger partial charge on any atom is -0.508 e. The maximum atomic E-state index is 9.65. The van der Waals surface area contributed by atoms with Crippen LogP contribution in [0.3, 0.4) is 0 Å². The molecule has 0 bridgehead atoms. The molecule has 116 valence electrons. The number of fused-ring (bicyclic) bond motifs is 1. The highest BCUT2D eigenvalue weighted by Crippen LogP contribution is 2.43. The number of nitrogens with zero attached hydrogens (tertiary/aromatic N) is 1. The normalized spacial score (nSPS) is 16.7. The van der Waals surface area contributed by atoms with Gasteiger partial charge in [0, 0.05) is 11.6 Å². The van der Waals surface area contributed by atoms with Gasteiger partial charge in [-0.25, -0.2) is 0 Å². The molecule has 1 heterocycles. The Bertz CT molecular complexity index is 814. The van der Waals surface area contributed by atoms with Crippen molar-refractivity contribution in [3.63, 3.8) is 0 Å². The van der Waals surface area contributed by atoms with Gasteiger partial charge in [-0.1, -0.05) is 44.2 Å². The molecule has 0 unspecified atom stereocenters. The third kappa shape index (κ3) is 2.62. The number of nitrogens with two attached hydrogens (primary N) is 1. The van der Waals surface area contributed by atoms with Crippen LogP contribution in [0.1, 0.15) is 42.4 Å². The van der Waals surface area contributed by atoms with Gasteiger partial charge in [-0.2, -0.15) is 5.26 Å². The predicted octanol–water partition coefficient (Wildman–Crippen LogP) is 3.73. The first-order valence-electron chi connectivity index (χ1n) is 7.51. The molecule has 0 aliphatic carbocycles. The molecule has 0 aromatic heterocycles. The summed E-state index contributed by atoms with van der Waals surface area (Å²) in [5, 5.41) is 19.1. The van der Waals surface area contributed by atoms with Crippen LogP contribution in [0.15, 0.2) is 53.9 Å². The molecule has 1 atom stereocenters. The Morgan fingerprint density at radius 3 is 2.48 bits per heavy atom. The first kappa shape index (κ1) is 15.0. The zero-order valence-electron chi connectivity index (χ0n) is 13.1. The van der Waals surface area contributed by atoms with E-state index >= 15 is 0 Å². The van der Waals surface area contributed by atoms with Crippen LogP contribution in [-0.4, -0.2) is 5.11 Å². The summed E-state index contributed by atoms with van der Waals surface area (Å²) in [6.45, 7) is 4.28. The molecule has 1 aliphatic heterocycles. The number of hydrogen-bond acceptors (Lipinski definition) is 4. The third-order valence-corrected chi connectivity index (χ3v) is 4.14. The van der Waals surface area contributed by atoms with E-state index in [9.17, 15) is 10.4 Å². The Kier molecular flexibility index (Phi) is 3.71. The van der Waals surface area contributed by atoms with Gasteiger partial charge in [0.15, 0.2) is 0 Å². The number of nitriles is 1. The van der Waals surface area contributed by atoms with Crippen LogP contribution >= 0.6 is 0 Å². The fraction of sp³-hybridized carbons (Fsp3) is 0.211. The van der Waals surface area contributed by atoms with Crippen molar-refractivity contribution < 1.29 is 9.84 Å². The lowest BCUT2D eigenvalue weighted by Crippen LogP contribution is -2.21. The van der Waals surface area contributed by atoms with E-state index in [1.807, 2.05) is 12.1 Å². The molecule has 2 aromatic carbocycles. The lowest BCUT2D eigenvalue weighted by molar-refractivity contribution is 0.388. The van der Waals surface area contributed by atoms with Crippen LogP contribution in [-0.2, 0) is 0 Å². The summed E-state index contributed by atoms with van der Waals surface area (Å²) in [7, 11) is 0. The molecule has 0 saturated heterocycles. The van der Waals surface area contributed by atoms with Gasteiger partial charge in [-0.15, -0.1) is 0 Å². The Balaban J connectivity index is 2.14. The summed E-state index contributed by atoms with van der Waals surface area (Å²) >= 11 is 0. The summed E-state index contributed by atoms with van der Waals surface area (Å²) in [6, 6.07) is 15.2. The van der Waals surface area contributed by atoms with Gasteiger partial charge in [-0.3, -0.25) is 0 Å². The van der Waals surface area contributed by atoms with Crippen LogP contribution < -0.4 is 10.5 Å². The predicted molar refractivity (Wildman–Crippen MR) is 87.9 cm³/mol. The summed E-state index contributed by atoms with van der Waals surface area (Å²) < 4.78 is 5.50. The van der Waals surface area contributed by atoms with Crippen LogP contribution in [0.25, 0.3) is 0 Å². The first-order chi connectivity index (χ1) is 11.0. The van der Waals surface area contributed by atoms with E-state index in [0.717, 1.165) is 11.1 Å². The molecule has 1 aliphatic rings. The van der Waals surface area contributed by atoms with Gasteiger partial charge in [0.05, 0.1) is 5.92 Å². The summed E-state index contributed by atoms with van der Waals surface area (Å²) in [4.78, 5) is 0. The van der Waals surface area contributed by atoms with Gasteiger partial charge >= 0.3 is 0 Å². The van der Waals surface area contributed by atoms with Crippen molar-refractivity contribution in [2.75, 3.05) is 0 Å². The molecule has 3 rings (SSSR count). The van der Waals surface area contributed by atoms with Gasteiger partial charge in [-0.05, 0) is 23.1 Å². The van der Waals surface area contributed by atoms with E-state index in [1.54, 1.807) is 12.1 Å². The lowest BCUT2D eigenvalue weighted by atomic mass is 9.83. The third-order valence-electron chi connectivity index (χ3n) is 4.14. The molecule has 0 fully saturated rings. The zero-order valence-corrected chi connectivity index (χ0v) is 13.1. The first-order valence-corrected chi connectivity index (χ1v) is 7.51. The van der Waals surface area contributed by atoms with Crippen molar-refractivity contribution in [1.82, 2.24) is 0 Å². The monoisotopic (exact) mass is 306 g/mol. The van der Waals surface area contributed by atoms with Gasteiger partial charge in [0.1, 0.15) is 23.1 Å². The average Bonchev–Trinajstić information content (AvgIpc) is 2.53. The van der Waals surface area contributed by atoms with Crippen molar-refractivity contribution in [2.24, 2.45) is 5.73 Å². The highest BCUT2D eigenvalue weighted by molar-refractivity contribution is 5.57. The minimum absolute atomic E-state index is 0.0866. The number of allylic oxidation sites excluding steroid dienone is 1. The van der Waals surface area contributed by atoms with Crippen LogP contribution in [0.2, 0.25) is 0 Å². The number of rotatable bonds is 2. The van der Waals surface area contributed by atoms with Crippen molar-refractivity contribution in [2.45, 2.75) is 25.7 Å². The van der Waals surface area contributed by atoms with E-state index in [1.165, 1.54) is 11.6 Å². The van der Waals surface area contributed by atoms with E-state index in [2.05, 4.69) is 32.0 Å². The van der Waals surface area contributed by atoms with E-state index < -0.39 is 0 Å². The Morgan fingerprint density at radius 1 is 1.17 bits per heavy atom. The van der Waals surface area contributed by atoms with E-state index in [0.29, 0.717) is 17.2 Å². The summed E-state index contributed by atoms with van der Waals surface area (Å²) in [6.07, 6.45) is 0. The Morgan fingerprint density at radius 2 is 1.87 bits per heavy atom. The number of phenols is 1. The minimum atomic E-state index is -0.287. The smallest absolute Gasteiger partial charge is 0.205 e. The molecular formula is C19H18N2O2. The van der Waals surface area contributed by atoms with Crippen molar-refractivity contribution in [3.05, 3.63) is 70.6 Å². The van der Waals surface area contributed by atoms with Crippen molar-refractivity contribution >= 4 is 0 Å². The fourth-order valence-corrected chi connectivity index (χ4v) is 2.86. The van der Waals surface area contributed by atoms with E-state index in [4.69, 9.17) is 10.5 Å². The number of ether oxygens (including phenoxy) is 1. The number of phenolic OH excluding ortho intramolecular Hbond substituents is 1. The van der Waals surface area contributed by atoms with Crippen molar-refractivity contribution in [1.29, 1.82) is 5.26 Å². The second-order valence-electron chi connectivity index (χ2n) is 5.97. The molecule has 3 N–H and O–H groups in total. The molecule has 4 heteroatoms. The largest absolute Gasteiger partial charge is 0.508 e. The van der Waals surface area contributed by atoms with Gasteiger partial charge < -0.3 is 15.6 Å². The maximum absolute atomic E-state index is 9.65. The molecule has 23 heavy (non-hydrogen) atoms. The number of benzene rings is 2. The standard InChI is InChI=1S/C19H18N2O2/c1-11(2)12-3-5-13(6-4-12)18-15-8-7-14(22)9-17(15)23-19(21)16(18)10-20/h3-9,11,18,22H,21H2,1-2H3/t18-/m0/s1. The van der Waals surface area contributed by atoms with Crippen LogP contribution in [0.5, 0.6) is 11.5 Å². The zero-order chi connectivity index (χ0) is 16.6. The van der Waals surface area contributed by atoms with Crippen molar-refractivity contribution in [3.8, 4) is 17.6 Å². The molecule has 2 aromatic rings. The van der Waals surface area contributed by atoms with Crippen LogP contribution in [0, 0.1) is 11.3 Å². The number of aromatic hydroxyl groups is 1. The van der Waals surface area contributed by atoms with Crippen LogP contribution in [0.4, 0.5) is 0 Å². The maximum Gasteiger partial charge on any atom is 0.205 e. The molecule has 0 radical (unpaired) electrons. The highest BCUT2D eigenvalue weighted by atomic mass is 16.5. The lowest BCUT2D eigenvalue weighted by Gasteiger charge is -2.26. The molecule has 0 saturated carbocycles. The topological polar surface area (TPSA) is 79.3 Å². The Hall–Kier alpha value is -2.93. The fourth-order valence-electron chi connectivity index (χ4n) is 2.86. The number of hydrogen-bond donors (Lipinski definition) is 2. The quantitative estimate of drug-likeness (QED) is 0.886. The second kappa shape index (κ2) is 5.69. The second-order valence-corrected chi connectivity index (χ2v) is 5.97. The molecule has 0 amide bonds. The summed E-state index contributed by atoms with van der Waals surface area (Å²) in [5.74, 6) is 0.832. The molecular weight excluding hydrogens is 288 g/mol. The average molecular weight is 306 g/mol. The van der Waals surface area contributed by atoms with Gasteiger partial charge in [0.2, 0.25) is 5.88 Å². The van der Waals surface area contributed by atoms with Gasteiger partial charge in [0.25, 0.3) is 0 Å². The van der Waals surface area contributed by atoms with E-state index in [-0.39, 0.29) is 17.6 Å². The SMILES string of the molecule is CC(C)c1ccc([C@@H]2C(C#N)=C(N)Oc3cc(O)ccc32)cc1. The molecule has 0 spiro atoms. The highest BCUT2D eigenvalue weighted by Gasteiger charge is 2.30. The molecule has 4 nitrogen and oxygen atoms in total.